The van der Waals surface area contributed by atoms with Gasteiger partial charge in [-0.05, 0) is 17.3 Å². The van der Waals surface area contributed by atoms with E-state index in [1.807, 2.05) is 0 Å². The minimum absolute atomic E-state index is 0.143. The predicted molar refractivity (Wildman–Crippen MR) is 62.9 cm³/mol. The normalized spacial score (nSPS) is 22.2. The van der Waals surface area contributed by atoms with Crippen LogP contribution in [-0.2, 0) is 16.0 Å². The third kappa shape index (κ3) is 2.34. The first kappa shape index (κ1) is 13.9. The molecule has 3 nitrogen and oxygen atoms in total. The van der Waals surface area contributed by atoms with E-state index in [9.17, 15) is 22.8 Å². The molecule has 0 aliphatic heterocycles. The summed E-state index contributed by atoms with van der Waals surface area (Å²) in [6, 6.07) is 6.11. The van der Waals surface area contributed by atoms with Crippen molar-refractivity contribution < 1.29 is 27.5 Å². The average Bonchev–Trinajstić information content (AvgIpc) is 2.61. The van der Waals surface area contributed by atoms with Gasteiger partial charge in [0.25, 0.3) is 0 Å². The second-order valence-corrected chi connectivity index (χ2v) is 5.39. The van der Waals surface area contributed by atoms with Gasteiger partial charge in [-0.15, -0.1) is 0 Å². The van der Waals surface area contributed by atoms with Crippen molar-refractivity contribution in [2.24, 2.45) is 0 Å². The second-order valence-electron chi connectivity index (χ2n) is 4.03. The number of alkyl halides is 3. The number of carbonyl (C=O) groups is 2. The van der Waals surface area contributed by atoms with Gasteiger partial charge in [-0.2, -0.15) is 13.2 Å². The van der Waals surface area contributed by atoms with Crippen LogP contribution in [0.4, 0.5) is 13.2 Å². The van der Waals surface area contributed by atoms with Gasteiger partial charge < -0.3 is 4.74 Å². The molecule has 0 radical (unpaired) electrons. The van der Waals surface area contributed by atoms with Gasteiger partial charge in [-0.25, -0.2) is 0 Å². The zero-order chi connectivity index (χ0) is 14.3. The third-order valence-electron chi connectivity index (χ3n) is 2.87. The molecule has 0 saturated carbocycles. The molecule has 0 spiro atoms. The average molecular weight is 290 g/mol. The summed E-state index contributed by atoms with van der Waals surface area (Å²) in [5, 5.41) is 0. The Kier molecular flexibility index (Phi) is 3.34. The first-order chi connectivity index (χ1) is 8.80. The standard InChI is InChI=1S/C12H9F3O3S/c1-18-10(17)11(19-12(13,14)15)6-7-4-2-3-5-8(7)9(11)16/h2-5H,6H2,1H3. The third-order valence-corrected chi connectivity index (χ3v) is 3.95. The Bertz CT molecular complexity index is 541. The van der Waals surface area contributed by atoms with Crippen LogP contribution in [0, 0.1) is 0 Å². The number of benzene rings is 1. The van der Waals surface area contributed by atoms with E-state index in [4.69, 9.17) is 0 Å². The van der Waals surface area contributed by atoms with Crippen LogP contribution in [0.15, 0.2) is 24.3 Å². The number of esters is 1. The highest BCUT2D eigenvalue weighted by molar-refractivity contribution is 8.03. The SMILES string of the molecule is COC(=O)C1(SC(F)(F)F)Cc2ccccc2C1=O. The topological polar surface area (TPSA) is 43.4 Å². The number of rotatable bonds is 2. The second kappa shape index (κ2) is 4.56. The maximum Gasteiger partial charge on any atom is 0.443 e. The van der Waals surface area contributed by atoms with Crippen LogP contribution in [0.3, 0.4) is 0 Å². The van der Waals surface area contributed by atoms with Gasteiger partial charge in [0.15, 0.2) is 10.5 Å². The van der Waals surface area contributed by atoms with Crippen LogP contribution in [-0.4, -0.2) is 29.1 Å². The number of carbonyl (C=O) groups excluding carboxylic acids is 2. The Morgan fingerprint density at radius 3 is 2.53 bits per heavy atom. The van der Waals surface area contributed by atoms with E-state index in [-0.39, 0.29) is 12.0 Å². The lowest BCUT2D eigenvalue weighted by molar-refractivity contribution is -0.142. The highest BCUT2D eigenvalue weighted by Gasteiger charge is 2.58. The molecular formula is C12H9F3O3S. The molecule has 1 aromatic rings. The van der Waals surface area contributed by atoms with E-state index < -0.39 is 33.8 Å². The Hall–Kier alpha value is -1.50. The minimum Gasteiger partial charge on any atom is -0.468 e. The molecule has 102 valence electrons. The molecule has 1 aliphatic rings. The van der Waals surface area contributed by atoms with Crippen molar-refractivity contribution in [1.82, 2.24) is 0 Å². The fraction of sp³-hybridized carbons (Fsp3) is 0.333. The van der Waals surface area contributed by atoms with Gasteiger partial charge in [-0.1, -0.05) is 24.3 Å². The lowest BCUT2D eigenvalue weighted by atomic mass is 10.0. The molecule has 7 heteroatoms. The molecule has 0 aromatic heterocycles. The summed E-state index contributed by atoms with van der Waals surface area (Å²) in [6.07, 6.45) is -0.307. The van der Waals surface area contributed by atoms with Crippen LogP contribution < -0.4 is 0 Å². The van der Waals surface area contributed by atoms with Crippen LogP contribution in [0.5, 0.6) is 0 Å². The quantitative estimate of drug-likeness (QED) is 0.620. The molecule has 0 heterocycles. The maximum atomic E-state index is 12.6. The van der Waals surface area contributed by atoms with E-state index in [1.54, 1.807) is 12.1 Å². The fourth-order valence-corrected chi connectivity index (χ4v) is 3.11. The number of Topliss-reactive ketones (excluding diaryl/α,β-unsaturated/α-hetero) is 1. The first-order valence-corrected chi connectivity index (χ1v) is 6.10. The molecule has 0 saturated heterocycles. The van der Waals surface area contributed by atoms with Crippen LogP contribution in [0.2, 0.25) is 0 Å². The molecule has 2 rings (SSSR count). The molecule has 0 N–H and O–H groups in total. The van der Waals surface area contributed by atoms with Crippen molar-refractivity contribution in [3.8, 4) is 0 Å². The smallest absolute Gasteiger partial charge is 0.443 e. The summed E-state index contributed by atoms with van der Waals surface area (Å²) in [5.41, 5.74) is -4.13. The van der Waals surface area contributed by atoms with Gasteiger partial charge in [-0.3, -0.25) is 9.59 Å². The highest BCUT2D eigenvalue weighted by Crippen LogP contribution is 2.48. The number of methoxy groups -OCH3 is 1. The van der Waals surface area contributed by atoms with Crippen molar-refractivity contribution in [1.29, 1.82) is 0 Å². The summed E-state index contributed by atoms with van der Waals surface area (Å²) >= 11 is -0.615. The van der Waals surface area contributed by atoms with E-state index >= 15 is 0 Å². The first-order valence-electron chi connectivity index (χ1n) is 5.28. The van der Waals surface area contributed by atoms with Crippen LogP contribution >= 0.6 is 11.8 Å². The van der Waals surface area contributed by atoms with Gasteiger partial charge >= 0.3 is 11.5 Å². The van der Waals surface area contributed by atoms with Crippen molar-refractivity contribution in [2.75, 3.05) is 7.11 Å². The largest absolute Gasteiger partial charge is 0.468 e. The number of ketones is 1. The lowest BCUT2D eigenvalue weighted by Gasteiger charge is -2.24. The summed E-state index contributed by atoms with van der Waals surface area (Å²) < 4.78 is 40.1. The van der Waals surface area contributed by atoms with E-state index in [0.29, 0.717) is 5.56 Å². The van der Waals surface area contributed by atoms with E-state index in [0.717, 1.165) is 7.11 Å². The molecule has 0 fully saturated rings. The van der Waals surface area contributed by atoms with Crippen molar-refractivity contribution >= 4 is 23.5 Å². The Morgan fingerprint density at radius 2 is 2.00 bits per heavy atom. The molecule has 1 unspecified atom stereocenters. The van der Waals surface area contributed by atoms with Crippen molar-refractivity contribution in [2.45, 2.75) is 16.7 Å². The van der Waals surface area contributed by atoms with Crippen molar-refractivity contribution in [3.63, 3.8) is 0 Å². The molecule has 1 aliphatic carbocycles. The number of halogens is 3. The number of fused-ring (bicyclic) bond motifs is 1. The molecule has 0 amide bonds. The van der Waals surface area contributed by atoms with Gasteiger partial charge in [0.1, 0.15) is 0 Å². The Morgan fingerprint density at radius 1 is 1.37 bits per heavy atom. The zero-order valence-electron chi connectivity index (χ0n) is 9.78. The van der Waals surface area contributed by atoms with Crippen molar-refractivity contribution in [3.05, 3.63) is 35.4 Å². The van der Waals surface area contributed by atoms with E-state index in [2.05, 4.69) is 4.74 Å². The lowest BCUT2D eigenvalue weighted by Crippen LogP contribution is -2.44. The number of hydrogen-bond donors (Lipinski definition) is 0. The van der Waals surface area contributed by atoms with Gasteiger partial charge in [0, 0.05) is 12.0 Å². The molecular weight excluding hydrogens is 281 g/mol. The zero-order valence-corrected chi connectivity index (χ0v) is 10.6. The number of thioether (sulfide) groups is 1. The van der Waals surface area contributed by atoms with Gasteiger partial charge in [0.2, 0.25) is 0 Å². The predicted octanol–water partition coefficient (Wildman–Crippen LogP) is 2.59. The maximum absolute atomic E-state index is 12.6. The molecule has 1 aromatic carbocycles. The summed E-state index contributed by atoms with van der Waals surface area (Å²) in [6.45, 7) is 0. The van der Waals surface area contributed by atoms with Gasteiger partial charge in [0.05, 0.1) is 7.11 Å². The van der Waals surface area contributed by atoms with Crippen LogP contribution in [0.1, 0.15) is 15.9 Å². The number of hydrogen-bond acceptors (Lipinski definition) is 4. The summed E-state index contributed by atoms with van der Waals surface area (Å²) in [4.78, 5) is 23.9. The molecule has 0 bridgehead atoms. The monoisotopic (exact) mass is 290 g/mol. The molecule has 1 atom stereocenters. The summed E-state index contributed by atoms with van der Waals surface area (Å²) in [7, 11) is 0.970. The highest BCUT2D eigenvalue weighted by atomic mass is 32.2. The minimum atomic E-state index is -4.70. The number of ether oxygens (including phenoxy) is 1. The molecule has 19 heavy (non-hydrogen) atoms. The summed E-state index contributed by atoms with van der Waals surface area (Å²) in [5.74, 6) is -2.02. The fourth-order valence-electron chi connectivity index (χ4n) is 2.11. The van der Waals surface area contributed by atoms with E-state index in [1.165, 1.54) is 12.1 Å². The van der Waals surface area contributed by atoms with Crippen LogP contribution in [0.25, 0.3) is 0 Å². The Labute approximate surface area is 111 Å². The Balaban J connectivity index is 2.49.